The second kappa shape index (κ2) is 6.66. The molecular weight excluding hydrogens is 144 g/mol. The van der Waals surface area contributed by atoms with E-state index in [1.807, 2.05) is 0 Å². The zero-order chi connectivity index (χ0) is 8.49. The zero-order valence-corrected chi connectivity index (χ0v) is 7.45. The fraction of sp³-hybridized carbons (Fsp3) is 0.333. The van der Waals surface area contributed by atoms with Crippen molar-refractivity contribution in [3.63, 3.8) is 0 Å². The predicted molar refractivity (Wildman–Crippen MR) is 55.0 cm³/mol. The average molecular weight is 160 g/mol. The van der Waals surface area contributed by atoms with Crippen molar-refractivity contribution in [3.05, 3.63) is 48.6 Å². The van der Waals surface area contributed by atoms with Gasteiger partial charge in [-0.3, -0.25) is 0 Å². The van der Waals surface area contributed by atoms with Crippen molar-refractivity contribution >= 4 is 0 Å². The monoisotopic (exact) mass is 160 g/mol. The van der Waals surface area contributed by atoms with Gasteiger partial charge in [0.15, 0.2) is 0 Å². The minimum Gasteiger partial charge on any atom is -0.0882 e. The van der Waals surface area contributed by atoms with E-state index in [4.69, 9.17) is 0 Å². The second-order valence-electron chi connectivity index (χ2n) is 2.87. The third-order valence-electron chi connectivity index (χ3n) is 1.77. The molecule has 0 amide bonds. The van der Waals surface area contributed by atoms with Crippen LogP contribution in [0.2, 0.25) is 0 Å². The first-order chi connectivity index (χ1) is 6.00. The van der Waals surface area contributed by atoms with Gasteiger partial charge in [-0.1, -0.05) is 48.6 Å². The lowest BCUT2D eigenvalue weighted by Gasteiger charge is -1.89. The van der Waals surface area contributed by atoms with Crippen LogP contribution < -0.4 is 0 Å². The van der Waals surface area contributed by atoms with Crippen LogP contribution in [-0.2, 0) is 0 Å². The van der Waals surface area contributed by atoms with Crippen LogP contribution in [0.5, 0.6) is 0 Å². The predicted octanol–water partition coefficient (Wildman–Crippen LogP) is 3.79. The summed E-state index contributed by atoms with van der Waals surface area (Å²) in [5, 5.41) is 0. The summed E-state index contributed by atoms with van der Waals surface area (Å²) in [6.07, 6.45) is 22.0. The summed E-state index contributed by atoms with van der Waals surface area (Å²) in [5.41, 5.74) is 0. The summed E-state index contributed by atoms with van der Waals surface area (Å²) in [5.74, 6) is 0. The summed E-state index contributed by atoms with van der Waals surface area (Å²) in [6.45, 7) is 0. The topological polar surface area (TPSA) is 0 Å². The van der Waals surface area contributed by atoms with Gasteiger partial charge in [0.1, 0.15) is 0 Å². The highest BCUT2D eigenvalue weighted by molar-refractivity contribution is 5.11. The van der Waals surface area contributed by atoms with Gasteiger partial charge in [-0.15, -0.1) is 0 Å². The van der Waals surface area contributed by atoms with E-state index in [0.717, 1.165) is 12.8 Å². The lowest BCUT2D eigenvalue weighted by molar-refractivity contribution is 1.00. The van der Waals surface area contributed by atoms with E-state index in [9.17, 15) is 0 Å². The second-order valence-corrected chi connectivity index (χ2v) is 2.87. The Hall–Kier alpha value is -1.04. The molecule has 1 rings (SSSR count). The van der Waals surface area contributed by atoms with Crippen LogP contribution in [0, 0.1) is 0 Å². The lowest BCUT2D eigenvalue weighted by atomic mass is 10.2. The van der Waals surface area contributed by atoms with Crippen molar-refractivity contribution in [3.8, 4) is 0 Å². The zero-order valence-electron chi connectivity index (χ0n) is 7.45. The fourth-order valence-corrected chi connectivity index (χ4v) is 1.10. The van der Waals surface area contributed by atoms with Crippen LogP contribution in [0.15, 0.2) is 48.6 Å². The molecule has 0 fully saturated rings. The van der Waals surface area contributed by atoms with Crippen LogP contribution in [0.25, 0.3) is 0 Å². The first-order valence-corrected chi connectivity index (χ1v) is 4.63. The van der Waals surface area contributed by atoms with Crippen molar-refractivity contribution in [2.75, 3.05) is 0 Å². The molecule has 0 saturated heterocycles. The molecule has 0 aliphatic heterocycles. The Balaban J connectivity index is 2.42. The summed E-state index contributed by atoms with van der Waals surface area (Å²) < 4.78 is 0. The summed E-state index contributed by atoms with van der Waals surface area (Å²) >= 11 is 0. The number of hydrogen-bond acceptors (Lipinski definition) is 0. The quantitative estimate of drug-likeness (QED) is 0.473. The van der Waals surface area contributed by atoms with Gasteiger partial charge in [0, 0.05) is 0 Å². The maximum absolute atomic E-state index is 2.27. The van der Waals surface area contributed by atoms with Gasteiger partial charge in [0.25, 0.3) is 0 Å². The first kappa shape index (κ1) is 9.05. The van der Waals surface area contributed by atoms with E-state index in [1.54, 1.807) is 0 Å². The van der Waals surface area contributed by atoms with E-state index in [2.05, 4.69) is 48.6 Å². The molecule has 0 atom stereocenters. The largest absolute Gasteiger partial charge is 0.0882 e. The van der Waals surface area contributed by atoms with Gasteiger partial charge in [-0.2, -0.15) is 0 Å². The normalized spacial score (nSPS) is 26.7. The first-order valence-electron chi connectivity index (χ1n) is 4.63. The SMILES string of the molecule is C1=CCC/C=C/C=C/C=C/CC1. The molecule has 0 aromatic rings. The van der Waals surface area contributed by atoms with Crippen molar-refractivity contribution in [1.82, 2.24) is 0 Å². The van der Waals surface area contributed by atoms with Crippen molar-refractivity contribution in [1.29, 1.82) is 0 Å². The molecule has 0 unspecified atom stereocenters. The van der Waals surface area contributed by atoms with E-state index < -0.39 is 0 Å². The molecule has 0 aromatic heterocycles. The van der Waals surface area contributed by atoms with Crippen LogP contribution in [0.1, 0.15) is 25.7 Å². The van der Waals surface area contributed by atoms with Gasteiger partial charge < -0.3 is 0 Å². The lowest BCUT2D eigenvalue weighted by Crippen LogP contribution is -1.68. The van der Waals surface area contributed by atoms with Crippen LogP contribution in [0.3, 0.4) is 0 Å². The number of allylic oxidation sites excluding steroid dienone is 8. The van der Waals surface area contributed by atoms with Crippen molar-refractivity contribution in [2.24, 2.45) is 0 Å². The van der Waals surface area contributed by atoms with Gasteiger partial charge in [-0.25, -0.2) is 0 Å². The minimum absolute atomic E-state index is 1.16. The van der Waals surface area contributed by atoms with Gasteiger partial charge in [0.05, 0.1) is 0 Å². The third-order valence-corrected chi connectivity index (χ3v) is 1.77. The molecule has 0 N–H and O–H groups in total. The molecule has 0 nitrogen and oxygen atoms in total. The fourth-order valence-electron chi connectivity index (χ4n) is 1.10. The molecule has 0 bridgehead atoms. The standard InChI is InChI=1S/C12H16/c1-2-4-6-8-10-12-11-9-7-5-3-1/h1-6,11-12H,7-10H2/b2-1+,5-3+,6-4+,12-11?. The van der Waals surface area contributed by atoms with E-state index in [1.165, 1.54) is 12.8 Å². The highest BCUT2D eigenvalue weighted by Gasteiger charge is 1.78. The Labute approximate surface area is 75.0 Å². The highest BCUT2D eigenvalue weighted by Crippen LogP contribution is 1.99. The molecule has 12 heavy (non-hydrogen) atoms. The Bertz CT molecular complexity index is 182. The number of rotatable bonds is 0. The molecule has 0 aromatic carbocycles. The Morgan fingerprint density at radius 2 is 0.833 bits per heavy atom. The summed E-state index contributed by atoms with van der Waals surface area (Å²) in [6, 6.07) is 0. The number of hydrogen-bond donors (Lipinski definition) is 0. The highest BCUT2D eigenvalue weighted by atomic mass is 13.9. The van der Waals surface area contributed by atoms with Crippen LogP contribution >= 0.6 is 0 Å². The van der Waals surface area contributed by atoms with E-state index in [0.29, 0.717) is 0 Å². The minimum atomic E-state index is 1.16. The Morgan fingerprint density at radius 1 is 0.417 bits per heavy atom. The molecule has 0 heterocycles. The Morgan fingerprint density at radius 3 is 1.33 bits per heavy atom. The van der Waals surface area contributed by atoms with Gasteiger partial charge in [-0.05, 0) is 25.7 Å². The van der Waals surface area contributed by atoms with Gasteiger partial charge >= 0.3 is 0 Å². The molecule has 0 radical (unpaired) electrons. The van der Waals surface area contributed by atoms with E-state index >= 15 is 0 Å². The van der Waals surface area contributed by atoms with Crippen LogP contribution in [0.4, 0.5) is 0 Å². The molecule has 1 aliphatic carbocycles. The van der Waals surface area contributed by atoms with Crippen LogP contribution in [-0.4, -0.2) is 0 Å². The molecule has 64 valence electrons. The van der Waals surface area contributed by atoms with E-state index in [-0.39, 0.29) is 0 Å². The molecule has 1 aliphatic rings. The average Bonchev–Trinajstić information content (AvgIpc) is 2.05. The maximum Gasteiger partial charge on any atom is -0.0313 e. The molecular formula is C12H16. The smallest absolute Gasteiger partial charge is 0.0313 e. The van der Waals surface area contributed by atoms with Crippen molar-refractivity contribution < 1.29 is 0 Å². The molecule has 0 spiro atoms. The molecule has 0 heteroatoms. The van der Waals surface area contributed by atoms with Gasteiger partial charge in [0.2, 0.25) is 0 Å². The van der Waals surface area contributed by atoms with Crippen molar-refractivity contribution in [2.45, 2.75) is 25.7 Å². The third kappa shape index (κ3) is 4.73. The summed E-state index contributed by atoms with van der Waals surface area (Å²) in [7, 11) is 0. The Kier molecular flexibility index (Phi) is 5.02. The molecule has 0 saturated carbocycles. The maximum atomic E-state index is 2.27. The summed E-state index contributed by atoms with van der Waals surface area (Å²) in [4.78, 5) is 0.